The summed E-state index contributed by atoms with van der Waals surface area (Å²) >= 11 is 0. The predicted molar refractivity (Wildman–Crippen MR) is 125 cm³/mol. The lowest BCUT2D eigenvalue weighted by molar-refractivity contribution is -0.0298. The number of nitriles is 1. The maximum absolute atomic E-state index is 9.47. The standard InChI is InChI=1S/C27H31N3O2/c1-18-11-25(32-2)23(22-7-9-29-26(18)22)16-30-10-8-27(12-20(13-27)15-28)14-24(30)21-5-3-19(17-31)4-6-21/h3-7,9,11,20,24,29,31H,8,10,12-14,16-17H2,1-2H3. The lowest BCUT2D eigenvalue weighted by atomic mass is 9.56. The first-order valence-corrected chi connectivity index (χ1v) is 11.5. The zero-order chi connectivity index (χ0) is 22.3. The summed E-state index contributed by atoms with van der Waals surface area (Å²) in [6, 6.07) is 15.4. The molecule has 166 valence electrons. The number of aromatic nitrogens is 1. The highest BCUT2D eigenvalue weighted by Gasteiger charge is 2.49. The van der Waals surface area contributed by atoms with Crippen LogP contribution in [0.2, 0.25) is 0 Å². The molecule has 1 saturated heterocycles. The normalized spacial score (nSPS) is 25.6. The summed E-state index contributed by atoms with van der Waals surface area (Å²) in [7, 11) is 1.75. The van der Waals surface area contributed by atoms with Crippen LogP contribution < -0.4 is 4.74 Å². The van der Waals surface area contributed by atoms with Crippen molar-refractivity contribution in [2.75, 3.05) is 13.7 Å². The van der Waals surface area contributed by atoms with Gasteiger partial charge in [0.25, 0.3) is 0 Å². The third-order valence-electron chi connectivity index (χ3n) is 7.78. The molecule has 1 aromatic heterocycles. The smallest absolute Gasteiger partial charge is 0.124 e. The molecular weight excluding hydrogens is 398 g/mol. The Hall–Kier alpha value is -2.81. The molecule has 3 aromatic rings. The van der Waals surface area contributed by atoms with Crippen LogP contribution in [-0.4, -0.2) is 28.6 Å². The molecule has 32 heavy (non-hydrogen) atoms. The lowest BCUT2D eigenvalue weighted by Crippen LogP contribution is -2.48. The number of aliphatic hydroxyl groups excluding tert-OH is 1. The molecule has 0 amide bonds. The van der Waals surface area contributed by atoms with Gasteiger partial charge < -0.3 is 14.8 Å². The molecule has 2 fully saturated rings. The number of rotatable bonds is 5. The van der Waals surface area contributed by atoms with Gasteiger partial charge in [0.05, 0.1) is 19.8 Å². The summed E-state index contributed by atoms with van der Waals surface area (Å²) in [5.41, 5.74) is 6.11. The molecule has 2 aromatic carbocycles. The van der Waals surface area contributed by atoms with E-state index in [4.69, 9.17) is 4.74 Å². The number of benzene rings is 2. The van der Waals surface area contributed by atoms with Gasteiger partial charge in [-0.05, 0) is 73.4 Å². The number of ether oxygens (including phenoxy) is 1. The highest BCUT2D eigenvalue weighted by atomic mass is 16.5. The van der Waals surface area contributed by atoms with E-state index in [2.05, 4.69) is 47.1 Å². The molecule has 1 unspecified atom stereocenters. The molecule has 1 aliphatic carbocycles. The zero-order valence-corrected chi connectivity index (χ0v) is 18.9. The van der Waals surface area contributed by atoms with Gasteiger partial charge in [0.1, 0.15) is 5.75 Å². The number of fused-ring (bicyclic) bond motifs is 1. The van der Waals surface area contributed by atoms with E-state index in [0.717, 1.165) is 50.1 Å². The van der Waals surface area contributed by atoms with Crippen LogP contribution in [0, 0.1) is 29.6 Å². The van der Waals surface area contributed by atoms with Gasteiger partial charge >= 0.3 is 0 Å². The molecule has 1 spiro atoms. The monoisotopic (exact) mass is 429 g/mol. The second kappa shape index (κ2) is 8.27. The van der Waals surface area contributed by atoms with Crippen molar-refractivity contribution in [1.82, 2.24) is 9.88 Å². The van der Waals surface area contributed by atoms with Crippen molar-refractivity contribution in [2.45, 2.75) is 51.8 Å². The first-order valence-electron chi connectivity index (χ1n) is 11.5. The van der Waals surface area contributed by atoms with Gasteiger partial charge in [0, 0.05) is 41.2 Å². The first-order chi connectivity index (χ1) is 15.6. The van der Waals surface area contributed by atoms with Crippen LogP contribution in [0.3, 0.4) is 0 Å². The minimum Gasteiger partial charge on any atom is -0.496 e. The first kappa shape index (κ1) is 21.1. The van der Waals surface area contributed by atoms with Crippen molar-refractivity contribution in [1.29, 1.82) is 5.26 Å². The number of aromatic amines is 1. The predicted octanol–water partition coefficient (Wildman–Crippen LogP) is 5.23. The van der Waals surface area contributed by atoms with Crippen LogP contribution in [0.15, 0.2) is 42.6 Å². The molecule has 2 aliphatic rings. The molecule has 0 bridgehead atoms. The average Bonchev–Trinajstić information content (AvgIpc) is 3.30. The highest BCUT2D eigenvalue weighted by Crippen LogP contribution is 2.56. The van der Waals surface area contributed by atoms with Gasteiger partial charge in [-0.3, -0.25) is 4.90 Å². The molecular formula is C27H31N3O2. The molecule has 1 atom stereocenters. The summed E-state index contributed by atoms with van der Waals surface area (Å²) in [6.07, 6.45) is 6.28. The topological polar surface area (TPSA) is 72.3 Å². The van der Waals surface area contributed by atoms with Gasteiger partial charge in [0.2, 0.25) is 0 Å². The van der Waals surface area contributed by atoms with Crippen LogP contribution >= 0.6 is 0 Å². The number of hydrogen-bond acceptors (Lipinski definition) is 4. The van der Waals surface area contributed by atoms with Crippen LogP contribution in [-0.2, 0) is 13.2 Å². The summed E-state index contributed by atoms with van der Waals surface area (Å²) in [6.45, 7) is 4.01. The Bertz CT molecular complexity index is 1150. The number of likely N-dealkylation sites (tertiary alicyclic amines) is 1. The third-order valence-corrected chi connectivity index (χ3v) is 7.78. The summed E-state index contributed by atoms with van der Waals surface area (Å²) in [5.74, 6) is 1.16. The summed E-state index contributed by atoms with van der Waals surface area (Å²) in [4.78, 5) is 5.97. The molecule has 2 heterocycles. The number of piperidine rings is 1. The van der Waals surface area contributed by atoms with Crippen molar-refractivity contribution in [3.8, 4) is 11.8 Å². The number of hydrogen-bond donors (Lipinski definition) is 2. The third kappa shape index (κ3) is 3.58. The van der Waals surface area contributed by atoms with Crippen molar-refractivity contribution in [3.63, 3.8) is 0 Å². The van der Waals surface area contributed by atoms with Gasteiger partial charge in [-0.1, -0.05) is 24.3 Å². The molecule has 1 aliphatic heterocycles. The Labute approximate surface area is 189 Å². The minimum absolute atomic E-state index is 0.0640. The molecule has 5 heteroatoms. The zero-order valence-electron chi connectivity index (χ0n) is 18.9. The number of nitrogens with zero attached hydrogens (tertiary/aromatic N) is 2. The van der Waals surface area contributed by atoms with E-state index in [1.165, 1.54) is 27.6 Å². The SMILES string of the molecule is COc1cc(C)c2[nH]ccc2c1CN1CCC2(CC(C#N)C2)CC1c1ccc(CO)cc1. The van der Waals surface area contributed by atoms with Crippen molar-refractivity contribution >= 4 is 10.9 Å². The number of aliphatic hydroxyl groups is 1. The Morgan fingerprint density at radius 1 is 1.22 bits per heavy atom. The quantitative estimate of drug-likeness (QED) is 0.582. The van der Waals surface area contributed by atoms with E-state index in [1.807, 2.05) is 18.3 Å². The highest BCUT2D eigenvalue weighted by molar-refractivity contribution is 5.88. The van der Waals surface area contributed by atoms with Crippen LogP contribution in [0.4, 0.5) is 0 Å². The van der Waals surface area contributed by atoms with E-state index in [9.17, 15) is 10.4 Å². The number of methoxy groups -OCH3 is 1. The molecule has 0 radical (unpaired) electrons. The van der Waals surface area contributed by atoms with Crippen molar-refractivity contribution in [3.05, 3.63) is 64.8 Å². The Balaban J connectivity index is 1.49. The van der Waals surface area contributed by atoms with Crippen LogP contribution in [0.25, 0.3) is 10.9 Å². The maximum atomic E-state index is 9.47. The average molecular weight is 430 g/mol. The fourth-order valence-electron chi connectivity index (χ4n) is 5.97. The number of H-pyrrole nitrogens is 1. The molecule has 2 N–H and O–H groups in total. The Kier molecular flexibility index (Phi) is 5.44. The Morgan fingerprint density at radius 2 is 2.00 bits per heavy atom. The molecule has 1 saturated carbocycles. The van der Waals surface area contributed by atoms with E-state index < -0.39 is 0 Å². The Morgan fingerprint density at radius 3 is 2.69 bits per heavy atom. The van der Waals surface area contributed by atoms with E-state index in [0.29, 0.717) is 0 Å². The van der Waals surface area contributed by atoms with Crippen LogP contribution in [0.5, 0.6) is 5.75 Å². The number of aryl methyl sites for hydroxylation is 1. The van der Waals surface area contributed by atoms with E-state index >= 15 is 0 Å². The summed E-state index contributed by atoms with van der Waals surface area (Å²) in [5, 5.41) is 20.0. The van der Waals surface area contributed by atoms with Gasteiger partial charge in [-0.15, -0.1) is 0 Å². The van der Waals surface area contributed by atoms with Crippen molar-refractivity contribution < 1.29 is 9.84 Å². The second-order valence-electron chi connectivity index (χ2n) is 9.71. The fourth-order valence-corrected chi connectivity index (χ4v) is 5.97. The van der Waals surface area contributed by atoms with E-state index in [-0.39, 0.29) is 24.0 Å². The molecule has 5 rings (SSSR count). The van der Waals surface area contributed by atoms with Crippen LogP contribution in [0.1, 0.15) is 54.0 Å². The number of nitrogens with one attached hydrogen (secondary N) is 1. The summed E-state index contributed by atoms with van der Waals surface area (Å²) < 4.78 is 5.81. The van der Waals surface area contributed by atoms with Crippen molar-refractivity contribution in [2.24, 2.45) is 11.3 Å². The van der Waals surface area contributed by atoms with Gasteiger partial charge in [-0.2, -0.15) is 5.26 Å². The second-order valence-corrected chi connectivity index (χ2v) is 9.71. The lowest BCUT2D eigenvalue weighted by Gasteiger charge is -2.53. The van der Waals surface area contributed by atoms with Gasteiger partial charge in [0.15, 0.2) is 0 Å². The minimum atomic E-state index is 0.0640. The molecule has 5 nitrogen and oxygen atoms in total. The fraction of sp³-hybridized carbons (Fsp3) is 0.444. The maximum Gasteiger partial charge on any atom is 0.124 e. The van der Waals surface area contributed by atoms with E-state index in [1.54, 1.807) is 7.11 Å². The van der Waals surface area contributed by atoms with Gasteiger partial charge in [-0.25, -0.2) is 0 Å². The largest absolute Gasteiger partial charge is 0.496 e.